The molecule has 0 aromatic heterocycles. The van der Waals surface area contributed by atoms with E-state index in [9.17, 15) is 0 Å². The van der Waals surface area contributed by atoms with Crippen LogP contribution < -0.4 is 5.73 Å². The molecule has 2 atom stereocenters. The van der Waals surface area contributed by atoms with Gasteiger partial charge in [0.15, 0.2) is 0 Å². The summed E-state index contributed by atoms with van der Waals surface area (Å²) >= 11 is 0. The molecule has 0 spiro atoms. The van der Waals surface area contributed by atoms with E-state index in [0.29, 0.717) is 38.6 Å². The predicted molar refractivity (Wildman–Crippen MR) is 68.0 cm³/mol. The number of hydrogen-bond donors (Lipinski definition) is 1. The van der Waals surface area contributed by atoms with Gasteiger partial charge in [-0.2, -0.15) is 0 Å². The van der Waals surface area contributed by atoms with E-state index < -0.39 is 0 Å². The normalized spacial score (nSPS) is 26.8. The van der Waals surface area contributed by atoms with Gasteiger partial charge in [-0.15, -0.1) is 0 Å². The fraction of sp³-hybridized carbons (Fsp3) is 1.00. The Morgan fingerprint density at radius 1 is 1.12 bits per heavy atom. The summed E-state index contributed by atoms with van der Waals surface area (Å²) in [5, 5.41) is 0. The second-order valence-electron chi connectivity index (χ2n) is 4.75. The molecule has 4 heteroatoms. The van der Waals surface area contributed by atoms with Gasteiger partial charge in [0.25, 0.3) is 0 Å². The molecule has 102 valence electrons. The Morgan fingerprint density at radius 3 is 2.29 bits per heavy atom. The lowest BCUT2D eigenvalue weighted by molar-refractivity contribution is -0.139. The van der Waals surface area contributed by atoms with E-state index in [1.165, 1.54) is 0 Å². The average Bonchev–Trinajstić information content (AvgIpc) is 2.34. The molecular weight excluding hydrogens is 218 g/mol. The number of rotatable bonds is 9. The summed E-state index contributed by atoms with van der Waals surface area (Å²) in [5.41, 5.74) is 6.31. The van der Waals surface area contributed by atoms with E-state index >= 15 is 0 Å². The van der Waals surface area contributed by atoms with Crippen molar-refractivity contribution in [2.75, 3.05) is 33.5 Å². The van der Waals surface area contributed by atoms with Crippen molar-refractivity contribution in [1.29, 1.82) is 0 Å². The molecule has 0 aromatic rings. The first-order valence-electron chi connectivity index (χ1n) is 6.65. The van der Waals surface area contributed by atoms with E-state index in [-0.39, 0.29) is 5.41 Å². The molecule has 0 radical (unpaired) electrons. The van der Waals surface area contributed by atoms with Crippen LogP contribution >= 0.6 is 0 Å². The van der Waals surface area contributed by atoms with Crippen LogP contribution in [0.25, 0.3) is 0 Å². The molecule has 0 aliphatic heterocycles. The van der Waals surface area contributed by atoms with Crippen LogP contribution in [0.1, 0.15) is 33.1 Å². The summed E-state index contributed by atoms with van der Waals surface area (Å²) in [5.74, 6) is 0. The summed E-state index contributed by atoms with van der Waals surface area (Å²) in [6.45, 7) is 6.97. The van der Waals surface area contributed by atoms with Crippen LogP contribution in [0.15, 0.2) is 0 Å². The van der Waals surface area contributed by atoms with Gasteiger partial charge < -0.3 is 19.9 Å². The van der Waals surface area contributed by atoms with Gasteiger partial charge in [0.1, 0.15) is 0 Å². The van der Waals surface area contributed by atoms with Gasteiger partial charge in [0, 0.05) is 18.6 Å². The third-order valence-corrected chi connectivity index (χ3v) is 4.14. The Bertz CT molecular complexity index is 207. The fourth-order valence-electron chi connectivity index (χ4n) is 2.74. The molecule has 2 unspecified atom stereocenters. The minimum Gasteiger partial charge on any atom is -0.382 e. The van der Waals surface area contributed by atoms with Crippen LogP contribution in [-0.2, 0) is 14.2 Å². The molecule has 17 heavy (non-hydrogen) atoms. The molecule has 1 fully saturated rings. The van der Waals surface area contributed by atoms with Crippen molar-refractivity contribution < 1.29 is 14.2 Å². The number of hydrogen-bond acceptors (Lipinski definition) is 4. The van der Waals surface area contributed by atoms with E-state index in [2.05, 4.69) is 13.8 Å². The van der Waals surface area contributed by atoms with Crippen LogP contribution in [0.2, 0.25) is 0 Å². The lowest BCUT2D eigenvalue weighted by atomic mass is 9.59. The van der Waals surface area contributed by atoms with Gasteiger partial charge in [-0.05, 0) is 19.3 Å². The van der Waals surface area contributed by atoms with Crippen LogP contribution in [0.3, 0.4) is 0 Å². The molecule has 1 rings (SSSR count). The minimum atomic E-state index is 0.201. The van der Waals surface area contributed by atoms with E-state index in [1.54, 1.807) is 7.11 Å². The highest BCUT2D eigenvalue weighted by atomic mass is 16.5. The van der Waals surface area contributed by atoms with E-state index in [1.807, 2.05) is 0 Å². The van der Waals surface area contributed by atoms with Gasteiger partial charge in [0.05, 0.1) is 32.5 Å². The number of ether oxygens (including phenoxy) is 3. The first-order chi connectivity index (χ1) is 8.21. The zero-order valence-electron chi connectivity index (χ0n) is 11.4. The second-order valence-corrected chi connectivity index (χ2v) is 4.75. The van der Waals surface area contributed by atoms with Crippen molar-refractivity contribution in [2.24, 2.45) is 11.1 Å². The molecular formula is C13H27NO3. The molecule has 4 nitrogen and oxygen atoms in total. The zero-order chi connectivity index (χ0) is 12.7. The van der Waals surface area contributed by atoms with E-state index in [4.69, 9.17) is 19.9 Å². The number of nitrogens with two attached hydrogens (primary N) is 1. The molecule has 0 saturated heterocycles. The molecule has 0 heterocycles. The van der Waals surface area contributed by atoms with Crippen molar-refractivity contribution >= 4 is 0 Å². The second kappa shape index (κ2) is 7.31. The van der Waals surface area contributed by atoms with Gasteiger partial charge >= 0.3 is 0 Å². The lowest BCUT2D eigenvalue weighted by Gasteiger charge is -2.53. The summed E-state index contributed by atoms with van der Waals surface area (Å²) < 4.78 is 16.2. The fourth-order valence-corrected chi connectivity index (χ4v) is 2.74. The van der Waals surface area contributed by atoms with Crippen molar-refractivity contribution in [3.63, 3.8) is 0 Å². The Labute approximate surface area is 105 Å². The van der Waals surface area contributed by atoms with Crippen molar-refractivity contribution in [2.45, 2.75) is 45.3 Å². The Balaban J connectivity index is 2.15. The maximum atomic E-state index is 6.11. The predicted octanol–water partition coefficient (Wildman–Crippen LogP) is 1.57. The van der Waals surface area contributed by atoms with Crippen LogP contribution in [0.5, 0.6) is 0 Å². The molecule has 0 bridgehead atoms. The van der Waals surface area contributed by atoms with Gasteiger partial charge in [-0.3, -0.25) is 0 Å². The van der Waals surface area contributed by atoms with Gasteiger partial charge in [-0.25, -0.2) is 0 Å². The first kappa shape index (κ1) is 14.9. The molecule has 1 aliphatic carbocycles. The Hall–Kier alpha value is -0.160. The smallest absolute Gasteiger partial charge is 0.0704 e. The molecule has 2 N–H and O–H groups in total. The summed E-state index contributed by atoms with van der Waals surface area (Å²) in [6.07, 6.45) is 3.50. The first-order valence-corrected chi connectivity index (χ1v) is 6.65. The SMILES string of the molecule is CCC1(CC)C(N)CC1OCCOCCOC. The minimum absolute atomic E-state index is 0.201. The molecule has 1 saturated carbocycles. The molecule has 0 amide bonds. The van der Waals surface area contributed by atoms with Crippen LogP contribution in [0, 0.1) is 5.41 Å². The maximum Gasteiger partial charge on any atom is 0.0704 e. The van der Waals surface area contributed by atoms with Gasteiger partial charge in [-0.1, -0.05) is 13.8 Å². The van der Waals surface area contributed by atoms with Gasteiger partial charge in [0.2, 0.25) is 0 Å². The lowest BCUT2D eigenvalue weighted by Crippen LogP contribution is -2.61. The third kappa shape index (κ3) is 3.41. The average molecular weight is 245 g/mol. The standard InChI is InChI=1S/C13H27NO3/c1-4-13(5-2)11(14)10-12(13)17-9-8-16-7-6-15-3/h11-12H,4-10,14H2,1-3H3. The van der Waals surface area contributed by atoms with Crippen LogP contribution in [-0.4, -0.2) is 45.7 Å². The largest absolute Gasteiger partial charge is 0.382 e. The highest BCUT2D eigenvalue weighted by Crippen LogP contribution is 2.47. The van der Waals surface area contributed by atoms with Crippen molar-refractivity contribution in [1.82, 2.24) is 0 Å². The highest BCUT2D eigenvalue weighted by molar-refractivity contribution is 5.05. The maximum absolute atomic E-state index is 6.11. The summed E-state index contributed by atoms with van der Waals surface area (Å²) in [6, 6.07) is 0.303. The third-order valence-electron chi connectivity index (χ3n) is 4.14. The number of methoxy groups -OCH3 is 1. The van der Waals surface area contributed by atoms with Crippen LogP contribution in [0.4, 0.5) is 0 Å². The summed E-state index contributed by atoms with van der Waals surface area (Å²) in [4.78, 5) is 0. The van der Waals surface area contributed by atoms with Crippen molar-refractivity contribution in [3.05, 3.63) is 0 Å². The quantitative estimate of drug-likeness (QED) is 0.627. The Morgan fingerprint density at radius 2 is 1.76 bits per heavy atom. The molecule has 1 aliphatic rings. The monoisotopic (exact) mass is 245 g/mol. The molecule has 0 aromatic carbocycles. The zero-order valence-corrected chi connectivity index (χ0v) is 11.4. The van der Waals surface area contributed by atoms with Crippen molar-refractivity contribution in [3.8, 4) is 0 Å². The summed E-state index contributed by atoms with van der Waals surface area (Å²) in [7, 11) is 1.67. The van der Waals surface area contributed by atoms with E-state index in [0.717, 1.165) is 19.3 Å². The Kier molecular flexibility index (Phi) is 6.41. The topological polar surface area (TPSA) is 53.7 Å². The highest BCUT2D eigenvalue weighted by Gasteiger charge is 2.51.